The zero-order valence-electron chi connectivity index (χ0n) is 13.3. The van der Waals surface area contributed by atoms with Crippen molar-refractivity contribution in [2.45, 2.75) is 46.6 Å². The van der Waals surface area contributed by atoms with E-state index in [9.17, 15) is 14.0 Å². The van der Waals surface area contributed by atoms with E-state index < -0.39 is 5.41 Å². The maximum atomic E-state index is 12.9. The first-order chi connectivity index (χ1) is 10.2. The molecule has 3 rings (SSSR count). The van der Waals surface area contributed by atoms with Crippen molar-refractivity contribution in [2.24, 2.45) is 16.2 Å². The second-order valence-electron chi connectivity index (χ2n) is 7.45. The first-order valence-electron chi connectivity index (χ1n) is 7.79. The highest BCUT2D eigenvalue weighted by Gasteiger charge is 2.72. The van der Waals surface area contributed by atoms with Crippen molar-refractivity contribution in [2.75, 3.05) is 0 Å². The average molecular weight is 303 g/mol. The third-order valence-corrected chi connectivity index (χ3v) is 6.51. The van der Waals surface area contributed by atoms with Crippen LogP contribution in [-0.4, -0.2) is 11.7 Å². The van der Waals surface area contributed by atoms with E-state index in [-0.39, 0.29) is 28.3 Å². The molecule has 2 bridgehead atoms. The highest BCUT2D eigenvalue weighted by molar-refractivity contribution is 5.99. The van der Waals surface area contributed by atoms with Gasteiger partial charge >= 0.3 is 0 Å². The number of benzene rings is 1. The minimum absolute atomic E-state index is 0.0450. The molecule has 0 aromatic heterocycles. The highest BCUT2D eigenvalue weighted by Crippen LogP contribution is 2.70. The summed E-state index contributed by atoms with van der Waals surface area (Å²) < 4.78 is 12.9. The number of fused-ring (bicyclic) bond motifs is 2. The van der Waals surface area contributed by atoms with E-state index in [0.717, 1.165) is 18.4 Å². The number of Topliss-reactive ketones (excluding diaryl/α,β-unsaturated/α-hetero) is 1. The van der Waals surface area contributed by atoms with Gasteiger partial charge in [-0.3, -0.25) is 9.59 Å². The molecule has 1 amide bonds. The molecule has 2 saturated carbocycles. The second-order valence-corrected chi connectivity index (χ2v) is 7.45. The van der Waals surface area contributed by atoms with Gasteiger partial charge in [0.15, 0.2) is 0 Å². The number of carbonyl (C=O) groups excluding carboxylic acids is 2. The number of hydrogen-bond donors (Lipinski definition) is 1. The van der Waals surface area contributed by atoms with Gasteiger partial charge in [0.05, 0.1) is 5.41 Å². The SMILES string of the molecule is CC12CCC(C(=O)NCc3ccc(F)cc3)(CC1=O)C2(C)C. The van der Waals surface area contributed by atoms with Crippen molar-refractivity contribution in [1.82, 2.24) is 5.32 Å². The van der Waals surface area contributed by atoms with Crippen LogP contribution in [0.2, 0.25) is 0 Å². The van der Waals surface area contributed by atoms with Gasteiger partial charge in [-0.05, 0) is 36.0 Å². The second kappa shape index (κ2) is 4.64. The summed E-state index contributed by atoms with van der Waals surface area (Å²) in [7, 11) is 0. The van der Waals surface area contributed by atoms with Gasteiger partial charge in [-0.1, -0.05) is 32.9 Å². The molecule has 0 saturated heterocycles. The molecule has 22 heavy (non-hydrogen) atoms. The highest BCUT2D eigenvalue weighted by atomic mass is 19.1. The third-order valence-electron chi connectivity index (χ3n) is 6.51. The Hall–Kier alpha value is -1.71. The number of halogens is 1. The molecule has 2 unspecified atom stereocenters. The van der Waals surface area contributed by atoms with Gasteiger partial charge < -0.3 is 5.32 Å². The molecule has 1 N–H and O–H groups in total. The fraction of sp³-hybridized carbons (Fsp3) is 0.556. The predicted octanol–water partition coefficient (Wildman–Crippen LogP) is 3.23. The van der Waals surface area contributed by atoms with E-state index in [0.29, 0.717) is 13.0 Å². The molecule has 0 aliphatic heterocycles. The van der Waals surface area contributed by atoms with Crippen LogP contribution in [0.25, 0.3) is 0 Å². The Morgan fingerprint density at radius 2 is 1.82 bits per heavy atom. The van der Waals surface area contributed by atoms with E-state index >= 15 is 0 Å². The van der Waals surface area contributed by atoms with Gasteiger partial charge in [0.1, 0.15) is 11.6 Å². The molecule has 2 fully saturated rings. The number of carbonyl (C=O) groups is 2. The van der Waals surface area contributed by atoms with Crippen LogP contribution in [0.4, 0.5) is 4.39 Å². The number of amides is 1. The lowest BCUT2D eigenvalue weighted by molar-refractivity contribution is -0.136. The molecule has 2 aliphatic carbocycles. The fourth-order valence-corrected chi connectivity index (χ4v) is 4.31. The van der Waals surface area contributed by atoms with Crippen LogP contribution in [0.5, 0.6) is 0 Å². The van der Waals surface area contributed by atoms with Crippen LogP contribution < -0.4 is 5.32 Å². The molecule has 0 spiro atoms. The van der Waals surface area contributed by atoms with Crippen LogP contribution >= 0.6 is 0 Å². The summed E-state index contributed by atoms with van der Waals surface area (Å²) in [5.41, 5.74) is -0.461. The maximum absolute atomic E-state index is 12.9. The summed E-state index contributed by atoms with van der Waals surface area (Å²) in [5, 5.41) is 2.96. The van der Waals surface area contributed by atoms with Crippen molar-refractivity contribution >= 4 is 11.7 Å². The molecule has 1 aromatic rings. The number of hydrogen-bond acceptors (Lipinski definition) is 2. The third kappa shape index (κ3) is 1.79. The zero-order chi connectivity index (χ0) is 16.2. The molecule has 0 radical (unpaired) electrons. The van der Waals surface area contributed by atoms with Gasteiger partial charge in [-0.25, -0.2) is 4.39 Å². The topological polar surface area (TPSA) is 46.2 Å². The number of ketones is 1. The molecule has 4 heteroatoms. The Morgan fingerprint density at radius 1 is 1.18 bits per heavy atom. The molecule has 0 heterocycles. The predicted molar refractivity (Wildman–Crippen MR) is 81.4 cm³/mol. The van der Waals surface area contributed by atoms with Crippen LogP contribution in [0.1, 0.15) is 45.6 Å². The van der Waals surface area contributed by atoms with Crippen molar-refractivity contribution in [3.8, 4) is 0 Å². The van der Waals surface area contributed by atoms with Crippen LogP contribution in [-0.2, 0) is 16.1 Å². The Labute approximate surface area is 130 Å². The van der Waals surface area contributed by atoms with Crippen molar-refractivity contribution < 1.29 is 14.0 Å². The summed E-state index contributed by atoms with van der Waals surface area (Å²) in [6.45, 7) is 6.45. The average Bonchev–Trinajstić information content (AvgIpc) is 2.77. The standard InChI is InChI=1S/C18H22FNO2/c1-16(2)17(3)8-9-18(16,10-14(17)21)15(22)20-11-12-4-6-13(19)7-5-12/h4-7H,8-11H2,1-3H3,(H,20,22). The van der Waals surface area contributed by atoms with E-state index in [1.807, 2.05) is 20.8 Å². The first-order valence-corrected chi connectivity index (χ1v) is 7.79. The van der Waals surface area contributed by atoms with E-state index in [4.69, 9.17) is 0 Å². The van der Waals surface area contributed by atoms with Crippen LogP contribution in [0.3, 0.4) is 0 Å². The molecule has 2 aliphatic rings. The molecule has 2 atom stereocenters. The van der Waals surface area contributed by atoms with E-state index in [2.05, 4.69) is 5.32 Å². The van der Waals surface area contributed by atoms with Gasteiger partial charge in [-0.15, -0.1) is 0 Å². The van der Waals surface area contributed by atoms with Gasteiger partial charge in [0, 0.05) is 18.4 Å². The van der Waals surface area contributed by atoms with Gasteiger partial charge in [-0.2, -0.15) is 0 Å². The normalized spacial score (nSPS) is 32.3. The van der Waals surface area contributed by atoms with Crippen molar-refractivity contribution in [3.63, 3.8) is 0 Å². The summed E-state index contributed by atoms with van der Waals surface area (Å²) in [4.78, 5) is 25.2. The largest absolute Gasteiger partial charge is 0.352 e. The molecule has 3 nitrogen and oxygen atoms in total. The summed E-state index contributed by atoms with van der Waals surface area (Å²) >= 11 is 0. The maximum Gasteiger partial charge on any atom is 0.227 e. The lowest BCUT2D eigenvalue weighted by Crippen LogP contribution is -2.46. The lowest BCUT2D eigenvalue weighted by Gasteiger charge is -2.38. The van der Waals surface area contributed by atoms with Crippen LogP contribution in [0.15, 0.2) is 24.3 Å². The Bertz CT molecular complexity index is 637. The van der Waals surface area contributed by atoms with Crippen molar-refractivity contribution in [3.05, 3.63) is 35.6 Å². The monoisotopic (exact) mass is 303 g/mol. The molecule has 1 aromatic carbocycles. The minimum Gasteiger partial charge on any atom is -0.352 e. The molecular weight excluding hydrogens is 281 g/mol. The first kappa shape index (κ1) is 15.2. The zero-order valence-corrected chi connectivity index (χ0v) is 13.3. The van der Waals surface area contributed by atoms with Gasteiger partial charge in [0.2, 0.25) is 5.91 Å². The smallest absolute Gasteiger partial charge is 0.227 e. The quantitative estimate of drug-likeness (QED) is 0.932. The molecule has 118 valence electrons. The van der Waals surface area contributed by atoms with Gasteiger partial charge in [0.25, 0.3) is 0 Å². The number of rotatable bonds is 3. The molecular formula is C18H22FNO2. The van der Waals surface area contributed by atoms with E-state index in [1.54, 1.807) is 12.1 Å². The summed E-state index contributed by atoms with van der Waals surface area (Å²) in [5.74, 6) is -0.125. The minimum atomic E-state index is -0.598. The van der Waals surface area contributed by atoms with Crippen molar-refractivity contribution in [1.29, 1.82) is 0 Å². The Morgan fingerprint density at radius 3 is 2.32 bits per heavy atom. The lowest BCUT2D eigenvalue weighted by atomic mass is 9.64. The fourth-order valence-electron chi connectivity index (χ4n) is 4.31. The number of nitrogens with one attached hydrogen (secondary N) is 1. The summed E-state index contributed by atoms with van der Waals surface area (Å²) in [6, 6.07) is 6.10. The Balaban J connectivity index is 1.78. The summed E-state index contributed by atoms with van der Waals surface area (Å²) in [6.07, 6.45) is 1.88. The van der Waals surface area contributed by atoms with Crippen LogP contribution in [0, 0.1) is 22.1 Å². The van der Waals surface area contributed by atoms with E-state index in [1.165, 1.54) is 12.1 Å². The Kier molecular flexibility index (Phi) is 3.21.